The van der Waals surface area contributed by atoms with Gasteiger partial charge in [0.05, 0.1) is 13.4 Å². The Bertz CT molecular complexity index is 1290. The van der Waals surface area contributed by atoms with Gasteiger partial charge >= 0.3 is 0 Å². The largest absolute Gasteiger partial charge is 0.496 e. The van der Waals surface area contributed by atoms with Crippen LogP contribution in [0, 0.1) is 5.82 Å². The highest BCUT2D eigenvalue weighted by atomic mass is 79.9. The molecule has 4 rings (SSSR count). The predicted molar refractivity (Wildman–Crippen MR) is 125 cm³/mol. The molecule has 0 bridgehead atoms. The fourth-order valence-electron chi connectivity index (χ4n) is 3.40. The van der Waals surface area contributed by atoms with Crippen molar-refractivity contribution in [3.05, 3.63) is 88.9 Å². The molecule has 6 heteroatoms. The molecular weight excluding hydrogens is 461 g/mol. The highest BCUT2D eigenvalue weighted by molar-refractivity contribution is 9.10. The maximum absolute atomic E-state index is 13.3. The Balaban J connectivity index is 1.71. The van der Waals surface area contributed by atoms with Gasteiger partial charge in [0, 0.05) is 38.8 Å². The summed E-state index contributed by atoms with van der Waals surface area (Å²) in [5.41, 5.74) is 4.52. The molecule has 0 aliphatic carbocycles. The van der Waals surface area contributed by atoms with Crippen LogP contribution in [0.2, 0.25) is 0 Å². The van der Waals surface area contributed by atoms with Crippen molar-refractivity contribution in [2.75, 3.05) is 12.4 Å². The number of halogens is 2. The number of nitrogens with one attached hydrogen (secondary N) is 1. The summed E-state index contributed by atoms with van der Waals surface area (Å²) in [6, 6.07) is 17.3. The molecule has 0 atom stereocenters. The highest BCUT2D eigenvalue weighted by Crippen LogP contribution is 2.37. The Morgan fingerprint density at radius 1 is 1.13 bits per heavy atom. The van der Waals surface area contributed by atoms with E-state index in [9.17, 15) is 9.18 Å². The number of carbonyl (C=O) groups is 1. The first kappa shape index (κ1) is 20.9. The van der Waals surface area contributed by atoms with Crippen LogP contribution in [0.25, 0.3) is 27.7 Å². The van der Waals surface area contributed by atoms with Crippen LogP contribution >= 0.6 is 15.9 Å². The van der Waals surface area contributed by atoms with Gasteiger partial charge in [-0.2, -0.15) is 0 Å². The zero-order chi connectivity index (χ0) is 22.0. The molecule has 0 unspecified atom stereocenters. The number of ether oxygens (including phenoxy) is 1. The van der Waals surface area contributed by atoms with Crippen LogP contribution in [0.15, 0.2) is 81.9 Å². The molecule has 0 fully saturated rings. The molecule has 0 radical (unpaired) electrons. The number of allylic oxidation sites excluding steroid dienone is 1. The monoisotopic (exact) mass is 479 g/mol. The zero-order valence-electron chi connectivity index (χ0n) is 16.9. The highest BCUT2D eigenvalue weighted by Gasteiger charge is 2.15. The molecule has 0 aliphatic rings. The lowest BCUT2D eigenvalue weighted by Gasteiger charge is -2.10. The van der Waals surface area contributed by atoms with Crippen molar-refractivity contribution in [1.82, 2.24) is 0 Å². The summed E-state index contributed by atoms with van der Waals surface area (Å²) >= 11 is 3.39. The molecule has 1 heterocycles. The first-order valence-electron chi connectivity index (χ1n) is 9.55. The minimum absolute atomic E-state index is 0.247. The molecule has 0 spiro atoms. The molecule has 4 nitrogen and oxygen atoms in total. The van der Waals surface area contributed by atoms with Crippen molar-refractivity contribution in [1.29, 1.82) is 0 Å². The second-order valence-electron chi connectivity index (χ2n) is 7.03. The first-order valence-corrected chi connectivity index (χ1v) is 10.3. The second kappa shape index (κ2) is 8.78. The summed E-state index contributed by atoms with van der Waals surface area (Å²) < 4.78 is 25.4. The number of anilines is 1. The third kappa shape index (κ3) is 4.54. The van der Waals surface area contributed by atoms with Crippen molar-refractivity contribution in [3.8, 4) is 16.9 Å². The van der Waals surface area contributed by atoms with Gasteiger partial charge in [-0.1, -0.05) is 34.1 Å². The molecule has 3 aromatic carbocycles. The van der Waals surface area contributed by atoms with Gasteiger partial charge in [0.15, 0.2) is 0 Å². The number of amides is 1. The van der Waals surface area contributed by atoms with E-state index < -0.39 is 0 Å². The number of benzene rings is 3. The van der Waals surface area contributed by atoms with Crippen LogP contribution in [0.3, 0.4) is 0 Å². The summed E-state index contributed by atoms with van der Waals surface area (Å²) in [6.07, 6.45) is 3.17. The third-order valence-corrected chi connectivity index (χ3v) is 5.41. The van der Waals surface area contributed by atoms with Crippen LogP contribution in [-0.4, -0.2) is 13.0 Å². The lowest BCUT2D eigenvalue weighted by atomic mass is 9.99. The minimum Gasteiger partial charge on any atom is -0.496 e. The standard InChI is InChI=1S/C25H19BrFNO3/c1-15(10-25(29)28-19-5-3-4-17(26)11-19)20-12-21-22(16-6-8-18(27)9-7-16)14-31-24(21)13-23(20)30-2/h3-14H,1-2H3,(H,28,29)/b15-10+. The van der Waals surface area contributed by atoms with E-state index >= 15 is 0 Å². The Morgan fingerprint density at radius 2 is 1.90 bits per heavy atom. The SMILES string of the molecule is COc1cc2occ(-c3ccc(F)cc3)c2cc1/C(C)=C/C(=O)Nc1cccc(Br)c1. The molecule has 0 saturated carbocycles. The van der Waals surface area contributed by atoms with Gasteiger partial charge in [0.2, 0.25) is 5.91 Å². The average molecular weight is 480 g/mol. The van der Waals surface area contributed by atoms with Gasteiger partial charge in [-0.15, -0.1) is 0 Å². The normalized spacial score (nSPS) is 11.5. The quantitative estimate of drug-likeness (QED) is 0.312. The topological polar surface area (TPSA) is 51.5 Å². The summed E-state index contributed by atoms with van der Waals surface area (Å²) in [5, 5.41) is 3.70. The van der Waals surface area contributed by atoms with Crippen molar-refractivity contribution in [2.45, 2.75) is 6.92 Å². The number of carbonyl (C=O) groups excluding carboxylic acids is 1. The molecule has 0 aliphatic heterocycles. The Labute approximate surface area is 187 Å². The first-order chi connectivity index (χ1) is 14.9. The van der Waals surface area contributed by atoms with Gasteiger partial charge < -0.3 is 14.5 Å². The van der Waals surface area contributed by atoms with Crippen molar-refractivity contribution in [2.24, 2.45) is 0 Å². The van der Waals surface area contributed by atoms with Gasteiger partial charge in [-0.25, -0.2) is 4.39 Å². The molecule has 4 aromatic rings. The molecule has 156 valence electrons. The lowest BCUT2D eigenvalue weighted by molar-refractivity contribution is -0.111. The summed E-state index contributed by atoms with van der Waals surface area (Å²) in [5.74, 6) is 0.0503. The van der Waals surface area contributed by atoms with Gasteiger partial charge in [0.25, 0.3) is 0 Å². The van der Waals surface area contributed by atoms with Crippen LogP contribution in [0.4, 0.5) is 10.1 Å². The Kier molecular flexibility index (Phi) is 5.91. The van der Waals surface area contributed by atoms with E-state index in [2.05, 4.69) is 21.2 Å². The van der Waals surface area contributed by atoms with E-state index in [1.165, 1.54) is 18.2 Å². The van der Waals surface area contributed by atoms with E-state index in [4.69, 9.17) is 9.15 Å². The molecule has 0 saturated heterocycles. The molecule has 1 amide bonds. The minimum atomic E-state index is -0.297. The van der Waals surface area contributed by atoms with E-state index in [-0.39, 0.29) is 11.7 Å². The Morgan fingerprint density at radius 3 is 2.61 bits per heavy atom. The van der Waals surface area contributed by atoms with Crippen molar-refractivity contribution >= 4 is 44.1 Å². The van der Waals surface area contributed by atoms with Crippen LogP contribution in [0.5, 0.6) is 5.75 Å². The predicted octanol–water partition coefficient (Wildman–Crippen LogP) is 7.05. The average Bonchev–Trinajstić information content (AvgIpc) is 3.16. The van der Waals surface area contributed by atoms with Gasteiger partial charge in [0.1, 0.15) is 17.1 Å². The maximum Gasteiger partial charge on any atom is 0.248 e. The van der Waals surface area contributed by atoms with E-state index in [1.807, 2.05) is 37.3 Å². The van der Waals surface area contributed by atoms with Gasteiger partial charge in [-0.05, 0) is 54.5 Å². The lowest BCUT2D eigenvalue weighted by Crippen LogP contribution is -2.08. The molecule has 1 N–H and O–H groups in total. The summed E-state index contributed by atoms with van der Waals surface area (Å²) in [7, 11) is 1.57. The number of fused-ring (bicyclic) bond motifs is 1. The number of hydrogen-bond donors (Lipinski definition) is 1. The second-order valence-corrected chi connectivity index (χ2v) is 7.95. The van der Waals surface area contributed by atoms with E-state index in [1.54, 1.807) is 31.6 Å². The number of furan rings is 1. The molecule has 1 aromatic heterocycles. The van der Waals surface area contributed by atoms with Crippen LogP contribution in [-0.2, 0) is 4.79 Å². The number of methoxy groups -OCH3 is 1. The fourth-order valence-corrected chi connectivity index (χ4v) is 3.80. The number of hydrogen-bond acceptors (Lipinski definition) is 3. The summed E-state index contributed by atoms with van der Waals surface area (Å²) in [6.45, 7) is 1.85. The third-order valence-electron chi connectivity index (χ3n) is 4.92. The van der Waals surface area contributed by atoms with Crippen LogP contribution < -0.4 is 10.1 Å². The number of rotatable bonds is 5. The van der Waals surface area contributed by atoms with Gasteiger partial charge in [-0.3, -0.25) is 4.79 Å². The van der Waals surface area contributed by atoms with E-state index in [0.717, 1.165) is 32.1 Å². The van der Waals surface area contributed by atoms with Crippen LogP contribution in [0.1, 0.15) is 12.5 Å². The molecule has 31 heavy (non-hydrogen) atoms. The van der Waals surface area contributed by atoms with Crippen molar-refractivity contribution in [3.63, 3.8) is 0 Å². The van der Waals surface area contributed by atoms with Crippen molar-refractivity contribution < 1.29 is 18.3 Å². The Hall–Kier alpha value is -3.38. The molecular formula is C25H19BrFNO3. The smallest absolute Gasteiger partial charge is 0.248 e. The maximum atomic E-state index is 13.3. The zero-order valence-corrected chi connectivity index (χ0v) is 18.5. The van der Waals surface area contributed by atoms with E-state index in [0.29, 0.717) is 17.0 Å². The summed E-state index contributed by atoms with van der Waals surface area (Å²) in [4.78, 5) is 12.5. The fraction of sp³-hybridized carbons (Fsp3) is 0.0800.